The van der Waals surface area contributed by atoms with Crippen LogP contribution in [0.1, 0.15) is 29.8 Å². The molecule has 0 bridgehead atoms. The molecule has 0 radical (unpaired) electrons. The first-order chi connectivity index (χ1) is 11.7. The maximum Gasteiger partial charge on any atom is 0.257 e. The molecule has 3 aromatic rings. The Balaban J connectivity index is 1.98. The van der Waals surface area contributed by atoms with Crippen molar-refractivity contribution in [2.45, 2.75) is 20.4 Å². The Morgan fingerprint density at radius 3 is 2.50 bits per heavy atom. The minimum atomic E-state index is 0.0442. The van der Waals surface area contributed by atoms with E-state index in [2.05, 4.69) is 12.1 Å². The van der Waals surface area contributed by atoms with Crippen LogP contribution in [-0.4, -0.2) is 33.7 Å². The van der Waals surface area contributed by atoms with Crippen molar-refractivity contribution in [3.8, 4) is 10.6 Å². The summed E-state index contributed by atoms with van der Waals surface area (Å²) in [4.78, 5) is 15.7. The Morgan fingerprint density at radius 1 is 1.12 bits per heavy atom. The average Bonchev–Trinajstić information content (AvgIpc) is 3.26. The summed E-state index contributed by atoms with van der Waals surface area (Å²) in [5, 5.41) is 6.71. The molecule has 0 aliphatic rings. The molecular formula is C19H21N3OS. The Hall–Kier alpha value is -2.40. The maximum absolute atomic E-state index is 12.9. The highest BCUT2D eigenvalue weighted by atomic mass is 32.1. The van der Waals surface area contributed by atoms with E-state index in [1.165, 1.54) is 5.56 Å². The summed E-state index contributed by atoms with van der Waals surface area (Å²) in [5.74, 6) is 0.0442. The number of hydrogen-bond donors (Lipinski definition) is 0. The highest BCUT2D eigenvalue weighted by Crippen LogP contribution is 2.27. The number of rotatable bonds is 6. The molecule has 4 nitrogen and oxygen atoms in total. The molecule has 5 heteroatoms. The summed E-state index contributed by atoms with van der Waals surface area (Å²) < 4.78 is 1.86. The van der Waals surface area contributed by atoms with Gasteiger partial charge >= 0.3 is 0 Å². The zero-order valence-corrected chi connectivity index (χ0v) is 14.8. The molecule has 24 heavy (non-hydrogen) atoms. The van der Waals surface area contributed by atoms with Gasteiger partial charge in [0, 0.05) is 19.3 Å². The largest absolute Gasteiger partial charge is 0.339 e. The smallest absolute Gasteiger partial charge is 0.257 e. The van der Waals surface area contributed by atoms with Crippen LogP contribution < -0.4 is 0 Å². The number of carbonyl (C=O) groups is 1. The highest BCUT2D eigenvalue weighted by Gasteiger charge is 2.22. The molecule has 124 valence electrons. The lowest BCUT2D eigenvalue weighted by molar-refractivity contribution is 0.0773. The van der Waals surface area contributed by atoms with Crippen LogP contribution in [-0.2, 0) is 6.54 Å². The summed E-state index contributed by atoms with van der Waals surface area (Å²) in [6, 6.07) is 14.2. The van der Waals surface area contributed by atoms with Gasteiger partial charge < -0.3 is 4.90 Å². The van der Waals surface area contributed by atoms with Crippen LogP contribution in [0.4, 0.5) is 0 Å². The van der Waals surface area contributed by atoms with Crippen molar-refractivity contribution in [3.05, 3.63) is 65.2 Å². The van der Waals surface area contributed by atoms with Crippen molar-refractivity contribution in [1.29, 1.82) is 0 Å². The predicted molar refractivity (Wildman–Crippen MR) is 98.3 cm³/mol. The summed E-state index contributed by atoms with van der Waals surface area (Å²) in [6.07, 6.45) is 1.88. The second-order valence-corrected chi connectivity index (χ2v) is 6.48. The SMILES string of the molecule is CCN(CC)C(=O)c1cn(Cc2ccccc2)nc1-c1cccs1. The van der Waals surface area contributed by atoms with Gasteiger partial charge in [-0.05, 0) is 30.9 Å². The quantitative estimate of drug-likeness (QED) is 0.677. The van der Waals surface area contributed by atoms with E-state index in [4.69, 9.17) is 5.10 Å². The molecule has 0 saturated carbocycles. The number of aromatic nitrogens is 2. The number of hydrogen-bond acceptors (Lipinski definition) is 3. The van der Waals surface area contributed by atoms with E-state index in [-0.39, 0.29) is 5.91 Å². The molecular weight excluding hydrogens is 318 g/mol. The van der Waals surface area contributed by atoms with Gasteiger partial charge in [0.15, 0.2) is 0 Å². The molecule has 0 saturated heterocycles. The van der Waals surface area contributed by atoms with Crippen molar-refractivity contribution in [2.24, 2.45) is 0 Å². The lowest BCUT2D eigenvalue weighted by Gasteiger charge is -2.18. The third-order valence-electron chi connectivity index (χ3n) is 3.98. The number of amides is 1. The van der Waals surface area contributed by atoms with Crippen LogP contribution in [0.5, 0.6) is 0 Å². The van der Waals surface area contributed by atoms with E-state index in [0.29, 0.717) is 25.2 Å². The van der Waals surface area contributed by atoms with E-state index >= 15 is 0 Å². The van der Waals surface area contributed by atoms with E-state index in [1.54, 1.807) is 11.3 Å². The fourth-order valence-corrected chi connectivity index (χ4v) is 3.43. The van der Waals surface area contributed by atoms with Gasteiger partial charge in [-0.3, -0.25) is 9.48 Å². The van der Waals surface area contributed by atoms with Gasteiger partial charge in [0.05, 0.1) is 17.0 Å². The van der Waals surface area contributed by atoms with E-state index in [1.807, 2.05) is 65.3 Å². The van der Waals surface area contributed by atoms with Gasteiger partial charge in [0.1, 0.15) is 5.69 Å². The standard InChI is InChI=1S/C19H21N3OS/c1-3-21(4-2)19(23)16-14-22(13-15-9-6-5-7-10-15)20-18(16)17-11-8-12-24-17/h5-12,14H,3-4,13H2,1-2H3. The van der Waals surface area contributed by atoms with E-state index in [0.717, 1.165) is 10.6 Å². The molecule has 0 spiro atoms. The van der Waals surface area contributed by atoms with Gasteiger partial charge in [0.25, 0.3) is 5.91 Å². The summed E-state index contributed by atoms with van der Waals surface area (Å²) in [6.45, 7) is 6.05. The van der Waals surface area contributed by atoms with E-state index < -0.39 is 0 Å². The van der Waals surface area contributed by atoms with Gasteiger partial charge in [-0.25, -0.2) is 0 Å². The van der Waals surface area contributed by atoms with Gasteiger partial charge in [-0.15, -0.1) is 11.3 Å². The molecule has 0 fully saturated rings. The van der Waals surface area contributed by atoms with Crippen LogP contribution in [0.2, 0.25) is 0 Å². The molecule has 2 aromatic heterocycles. The zero-order chi connectivity index (χ0) is 16.9. The van der Waals surface area contributed by atoms with Crippen molar-refractivity contribution < 1.29 is 4.79 Å². The van der Waals surface area contributed by atoms with Crippen molar-refractivity contribution >= 4 is 17.2 Å². The lowest BCUT2D eigenvalue weighted by atomic mass is 10.2. The fraction of sp³-hybridized carbons (Fsp3) is 0.263. The summed E-state index contributed by atoms with van der Waals surface area (Å²) in [7, 11) is 0. The highest BCUT2D eigenvalue weighted by molar-refractivity contribution is 7.13. The Labute approximate surface area is 146 Å². The van der Waals surface area contributed by atoms with Crippen LogP contribution in [0, 0.1) is 0 Å². The Kier molecular flexibility index (Phi) is 5.11. The Morgan fingerprint density at radius 2 is 1.88 bits per heavy atom. The van der Waals surface area contributed by atoms with Crippen molar-refractivity contribution in [3.63, 3.8) is 0 Å². The molecule has 0 aliphatic carbocycles. The normalized spacial score (nSPS) is 10.8. The molecule has 0 aliphatic heterocycles. The lowest BCUT2D eigenvalue weighted by Crippen LogP contribution is -2.30. The number of benzene rings is 1. The zero-order valence-electron chi connectivity index (χ0n) is 14.0. The molecule has 2 heterocycles. The molecule has 1 aromatic carbocycles. The van der Waals surface area contributed by atoms with Gasteiger partial charge in [-0.1, -0.05) is 36.4 Å². The number of thiophene rings is 1. The van der Waals surface area contributed by atoms with Crippen LogP contribution in [0.15, 0.2) is 54.0 Å². The summed E-state index contributed by atoms with van der Waals surface area (Å²) >= 11 is 1.61. The first-order valence-corrected chi connectivity index (χ1v) is 9.05. The Bertz CT molecular complexity index is 789. The monoisotopic (exact) mass is 339 g/mol. The second-order valence-electron chi connectivity index (χ2n) is 5.53. The van der Waals surface area contributed by atoms with Crippen LogP contribution in [0.3, 0.4) is 0 Å². The van der Waals surface area contributed by atoms with Gasteiger partial charge in [-0.2, -0.15) is 5.10 Å². The van der Waals surface area contributed by atoms with Crippen LogP contribution >= 0.6 is 11.3 Å². The third-order valence-corrected chi connectivity index (χ3v) is 4.86. The second kappa shape index (κ2) is 7.45. The van der Waals surface area contributed by atoms with Crippen molar-refractivity contribution in [1.82, 2.24) is 14.7 Å². The minimum absolute atomic E-state index is 0.0442. The predicted octanol–water partition coefficient (Wildman–Crippen LogP) is 4.14. The van der Waals surface area contributed by atoms with Crippen molar-refractivity contribution in [2.75, 3.05) is 13.1 Å². The molecule has 0 unspecified atom stereocenters. The maximum atomic E-state index is 12.9. The third kappa shape index (κ3) is 3.41. The van der Waals surface area contributed by atoms with E-state index in [9.17, 15) is 4.79 Å². The number of carbonyl (C=O) groups excluding carboxylic acids is 1. The topological polar surface area (TPSA) is 38.1 Å². The molecule has 0 atom stereocenters. The van der Waals surface area contributed by atoms with Crippen LogP contribution in [0.25, 0.3) is 10.6 Å². The van der Waals surface area contributed by atoms with Gasteiger partial charge in [0.2, 0.25) is 0 Å². The molecule has 1 amide bonds. The molecule has 0 N–H and O–H groups in total. The number of nitrogens with zero attached hydrogens (tertiary/aromatic N) is 3. The minimum Gasteiger partial charge on any atom is -0.339 e. The first-order valence-electron chi connectivity index (χ1n) is 8.17. The first kappa shape index (κ1) is 16.5. The fourth-order valence-electron chi connectivity index (χ4n) is 2.71. The summed E-state index contributed by atoms with van der Waals surface area (Å²) in [5.41, 5.74) is 2.62. The molecule has 3 rings (SSSR count). The average molecular weight is 339 g/mol.